The molecule has 1 rings (SSSR count). The van der Waals surface area contributed by atoms with Gasteiger partial charge >= 0.3 is 6.18 Å². The number of halogens is 5. The highest BCUT2D eigenvalue weighted by Crippen LogP contribution is 2.32. The number of nitrogens with two attached hydrogens (primary N) is 1. The first-order chi connectivity index (χ1) is 7.71. The van der Waals surface area contributed by atoms with Crippen LogP contribution in [-0.4, -0.2) is 0 Å². The fourth-order valence-electron chi connectivity index (χ4n) is 1.49. The van der Waals surface area contributed by atoms with Crippen molar-refractivity contribution >= 4 is 12.4 Å². The van der Waals surface area contributed by atoms with Crippen LogP contribution in [0.25, 0.3) is 0 Å². The first kappa shape index (κ1) is 16.9. The molecule has 2 N–H and O–H groups in total. The van der Waals surface area contributed by atoms with Crippen LogP contribution in [0.2, 0.25) is 0 Å². The summed E-state index contributed by atoms with van der Waals surface area (Å²) in [5, 5.41) is 0. The summed E-state index contributed by atoms with van der Waals surface area (Å²) >= 11 is 0. The van der Waals surface area contributed by atoms with E-state index in [4.69, 9.17) is 5.73 Å². The molecule has 0 bridgehead atoms. The topological polar surface area (TPSA) is 26.0 Å². The molecule has 0 saturated heterocycles. The molecule has 102 valence electrons. The van der Waals surface area contributed by atoms with Crippen molar-refractivity contribution in [2.45, 2.75) is 25.6 Å². The Morgan fingerprint density at radius 2 is 1.94 bits per heavy atom. The average Bonchev–Trinajstić information content (AvgIpc) is 2.14. The van der Waals surface area contributed by atoms with Crippen LogP contribution in [0.15, 0.2) is 30.4 Å². The second kappa shape index (κ2) is 6.20. The van der Waals surface area contributed by atoms with E-state index >= 15 is 0 Å². The van der Waals surface area contributed by atoms with Crippen LogP contribution in [0.4, 0.5) is 17.6 Å². The Labute approximate surface area is 109 Å². The van der Waals surface area contributed by atoms with Crippen molar-refractivity contribution in [2.75, 3.05) is 0 Å². The molecule has 1 aromatic rings. The summed E-state index contributed by atoms with van der Waals surface area (Å²) in [5.74, 6) is -1.30. The van der Waals surface area contributed by atoms with Crippen LogP contribution >= 0.6 is 12.4 Å². The Morgan fingerprint density at radius 1 is 1.39 bits per heavy atom. The van der Waals surface area contributed by atoms with Gasteiger partial charge in [-0.05, 0) is 31.0 Å². The van der Waals surface area contributed by atoms with Crippen LogP contribution in [-0.2, 0) is 6.18 Å². The third kappa shape index (κ3) is 4.31. The maximum Gasteiger partial charge on any atom is 0.419 e. The van der Waals surface area contributed by atoms with E-state index in [0.717, 1.165) is 11.6 Å². The SMILES string of the molecule is C=C(C)C[C@H](N)c1ccc(C(F)(F)F)c(F)c1.Cl. The molecule has 6 heteroatoms. The minimum atomic E-state index is -4.68. The molecule has 0 aliphatic heterocycles. The van der Waals surface area contributed by atoms with Gasteiger partial charge in [0.15, 0.2) is 0 Å². The van der Waals surface area contributed by atoms with E-state index in [9.17, 15) is 17.6 Å². The first-order valence-corrected chi connectivity index (χ1v) is 4.98. The van der Waals surface area contributed by atoms with Crippen LogP contribution in [0.5, 0.6) is 0 Å². The van der Waals surface area contributed by atoms with Gasteiger partial charge in [0.2, 0.25) is 0 Å². The third-order valence-electron chi connectivity index (χ3n) is 2.30. The molecule has 0 unspecified atom stereocenters. The molecule has 0 saturated carbocycles. The smallest absolute Gasteiger partial charge is 0.324 e. The summed E-state index contributed by atoms with van der Waals surface area (Å²) in [5.41, 5.74) is 5.56. The summed E-state index contributed by atoms with van der Waals surface area (Å²) in [6, 6.07) is 2.20. The quantitative estimate of drug-likeness (QED) is 0.652. The maximum atomic E-state index is 13.2. The van der Waals surface area contributed by atoms with E-state index in [1.54, 1.807) is 6.92 Å². The third-order valence-corrected chi connectivity index (χ3v) is 2.30. The molecule has 0 heterocycles. The fraction of sp³-hybridized carbons (Fsp3) is 0.333. The zero-order chi connectivity index (χ0) is 13.2. The van der Waals surface area contributed by atoms with E-state index in [-0.39, 0.29) is 12.4 Å². The second-order valence-electron chi connectivity index (χ2n) is 4.00. The second-order valence-corrected chi connectivity index (χ2v) is 4.00. The van der Waals surface area contributed by atoms with E-state index in [0.29, 0.717) is 18.1 Å². The molecular formula is C12H14ClF4N. The molecule has 0 amide bonds. The molecule has 0 aliphatic rings. The lowest BCUT2D eigenvalue weighted by Gasteiger charge is -2.14. The average molecular weight is 284 g/mol. The van der Waals surface area contributed by atoms with Crippen molar-refractivity contribution in [2.24, 2.45) is 5.73 Å². The van der Waals surface area contributed by atoms with Crippen molar-refractivity contribution < 1.29 is 17.6 Å². The predicted octanol–water partition coefficient (Wildman–Crippen LogP) is 4.23. The molecule has 0 spiro atoms. The lowest BCUT2D eigenvalue weighted by molar-refractivity contribution is -0.140. The molecule has 0 fully saturated rings. The van der Waals surface area contributed by atoms with Gasteiger partial charge in [-0.15, -0.1) is 19.0 Å². The van der Waals surface area contributed by atoms with E-state index in [2.05, 4.69) is 6.58 Å². The Balaban J connectivity index is 0.00000289. The summed E-state index contributed by atoms with van der Waals surface area (Å²) in [4.78, 5) is 0. The molecule has 18 heavy (non-hydrogen) atoms. The monoisotopic (exact) mass is 283 g/mol. The number of rotatable bonds is 3. The van der Waals surface area contributed by atoms with Gasteiger partial charge in [-0.3, -0.25) is 0 Å². The van der Waals surface area contributed by atoms with Crippen molar-refractivity contribution in [3.05, 3.63) is 47.3 Å². The van der Waals surface area contributed by atoms with E-state index < -0.39 is 23.6 Å². The summed E-state index contributed by atoms with van der Waals surface area (Å²) in [7, 11) is 0. The zero-order valence-electron chi connectivity index (χ0n) is 9.72. The molecule has 1 atom stereocenters. The van der Waals surface area contributed by atoms with Gasteiger partial charge in [0.05, 0.1) is 5.56 Å². The molecule has 1 aromatic carbocycles. The highest BCUT2D eigenvalue weighted by atomic mass is 35.5. The lowest BCUT2D eigenvalue weighted by atomic mass is 9.99. The molecule has 0 radical (unpaired) electrons. The Kier molecular flexibility index (Phi) is 5.83. The van der Waals surface area contributed by atoms with Crippen LogP contribution in [0.1, 0.15) is 30.5 Å². The first-order valence-electron chi connectivity index (χ1n) is 4.98. The highest BCUT2D eigenvalue weighted by Gasteiger charge is 2.34. The normalized spacial score (nSPS) is 12.8. The standard InChI is InChI=1S/C12H13F4N.ClH/c1-7(2)5-11(17)8-3-4-9(10(13)6-8)12(14,15)16;/h3-4,6,11H,1,5,17H2,2H3;1H/t11-;/m0./s1. The number of hydrogen-bond acceptors (Lipinski definition) is 1. The molecular weight excluding hydrogens is 270 g/mol. The van der Waals surface area contributed by atoms with Crippen molar-refractivity contribution in [3.63, 3.8) is 0 Å². The lowest BCUT2D eigenvalue weighted by Crippen LogP contribution is -2.13. The Morgan fingerprint density at radius 3 is 2.33 bits per heavy atom. The minimum absolute atomic E-state index is 0. The van der Waals surface area contributed by atoms with Crippen LogP contribution < -0.4 is 5.73 Å². The van der Waals surface area contributed by atoms with Gasteiger partial charge in [-0.1, -0.05) is 11.6 Å². The summed E-state index contributed by atoms with van der Waals surface area (Å²) in [6.07, 6.45) is -4.27. The van der Waals surface area contributed by atoms with Gasteiger partial charge in [-0.25, -0.2) is 4.39 Å². The largest absolute Gasteiger partial charge is 0.419 e. The molecule has 1 nitrogen and oxygen atoms in total. The van der Waals surface area contributed by atoms with Crippen LogP contribution in [0, 0.1) is 5.82 Å². The maximum absolute atomic E-state index is 13.2. The highest BCUT2D eigenvalue weighted by molar-refractivity contribution is 5.85. The van der Waals surface area contributed by atoms with Gasteiger partial charge in [0.1, 0.15) is 5.82 Å². The number of alkyl halides is 3. The van der Waals surface area contributed by atoms with Crippen molar-refractivity contribution in [1.29, 1.82) is 0 Å². The zero-order valence-corrected chi connectivity index (χ0v) is 10.5. The minimum Gasteiger partial charge on any atom is -0.324 e. The van der Waals surface area contributed by atoms with Gasteiger partial charge in [0.25, 0.3) is 0 Å². The van der Waals surface area contributed by atoms with Crippen LogP contribution in [0.3, 0.4) is 0 Å². The van der Waals surface area contributed by atoms with E-state index in [1.165, 1.54) is 6.07 Å². The van der Waals surface area contributed by atoms with Gasteiger partial charge < -0.3 is 5.73 Å². The van der Waals surface area contributed by atoms with Gasteiger partial charge in [0, 0.05) is 6.04 Å². The summed E-state index contributed by atoms with van der Waals surface area (Å²) < 4.78 is 50.2. The molecule has 0 aromatic heterocycles. The predicted molar refractivity (Wildman–Crippen MR) is 65.0 cm³/mol. The fourth-order valence-corrected chi connectivity index (χ4v) is 1.49. The van der Waals surface area contributed by atoms with E-state index in [1.807, 2.05) is 0 Å². The number of benzene rings is 1. The molecule has 0 aliphatic carbocycles. The van der Waals surface area contributed by atoms with Gasteiger partial charge in [-0.2, -0.15) is 13.2 Å². The Hall–Kier alpha value is -1.07. The number of hydrogen-bond donors (Lipinski definition) is 1. The van der Waals surface area contributed by atoms with Crippen molar-refractivity contribution in [1.82, 2.24) is 0 Å². The summed E-state index contributed by atoms with van der Waals surface area (Å²) in [6.45, 7) is 5.40. The van der Waals surface area contributed by atoms with Crippen molar-refractivity contribution in [3.8, 4) is 0 Å². The Bertz CT molecular complexity index is 429.